The van der Waals surface area contributed by atoms with Gasteiger partial charge in [0, 0.05) is 41.4 Å². The second-order valence-electron chi connectivity index (χ2n) is 5.19. The molecule has 0 spiro atoms. The average molecular weight is 276 g/mol. The number of benzene rings is 1. The van der Waals surface area contributed by atoms with Gasteiger partial charge < -0.3 is 10.6 Å². The number of hydrogen-bond donors (Lipinski definition) is 1. The van der Waals surface area contributed by atoms with Gasteiger partial charge in [0.15, 0.2) is 0 Å². The highest BCUT2D eigenvalue weighted by Gasteiger charge is 2.17. The summed E-state index contributed by atoms with van der Waals surface area (Å²) in [6, 6.07) is 8.23. The van der Waals surface area contributed by atoms with E-state index in [4.69, 9.17) is 17.3 Å². The molecular weight excluding hydrogens is 258 g/mol. The van der Waals surface area contributed by atoms with Gasteiger partial charge in [-0.15, -0.1) is 0 Å². The van der Waals surface area contributed by atoms with Crippen molar-refractivity contribution in [3.63, 3.8) is 0 Å². The van der Waals surface area contributed by atoms with E-state index in [2.05, 4.69) is 22.0 Å². The van der Waals surface area contributed by atoms with E-state index >= 15 is 0 Å². The van der Waals surface area contributed by atoms with Gasteiger partial charge in [-0.05, 0) is 37.1 Å². The number of halogens is 1. The van der Waals surface area contributed by atoms with Crippen molar-refractivity contribution in [1.82, 2.24) is 4.98 Å². The summed E-state index contributed by atoms with van der Waals surface area (Å²) in [6.07, 6.45) is 5.38. The largest absolute Gasteiger partial charge is 0.369 e. The lowest BCUT2D eigenvalue weighted by atomic mass is 10.1. The number of pyridine rings is 1. The van der Waals surface area contributed by atoms with Gasteiger partial charge in [0.25, 0.3) is 0 Å². The Bertz CT molecular complexity index is 585. The molecule has 1 fully saturated rings. The lowest BCUT2D eigenvalue weighted by molar-refractivity contribution is 0.621. The Kier molecular flexibility index (Phi) is 3.58. The predicted molar refractivity (Wildman–Crippen MR) is 80.8 cm³/mol. The third-order valence-electron chi connectivity index (χ3n) is 3.73. The maximum atomic E-state index is 6.15. The van der Waals surface area contributed by atoms with Gasteiger partial charge in [0.2, 0.25) is 0 Å². The Morgan fingerprint density at radius 3 is 3.05 bits per heavy atom. The number of aromatic nitrogens is 1. The van der Waals surface area contributed by atoms with Crippen LogP contribution in [-0.2, 0) is 0 Å². The Labute approximate surface area is 118 Å². The normalized spacial score (nSPS) is 20.5. The van der Waals surface area contributed by atoms with Crippen LogP contribution in [0.4, 0.5) is 5.69 Å². The number of hydrogen-bond acceptors (Lipinski definition) is 3. The van der Waals surface area contributed by atoms with Gasteiger partial charge in [-0.2, -0.15) is 0 Å². The maximum absolute atomic E-state index is 6.15. The fourth-order valence-electron chi connectivity index (χ4n) is 2.78. The molecule has 3 nitrogen and oxygen atoms in total. The molecule has 2 aromatic rings. The highest BCUT2D eigenvalue weighted by atomic mass is 35.5. The second kappa shape index (κ2) is 5.35. The van der Waals surface area contributed by atoms with Crippen LogP contribution in [0.2, 0.25) is 5.02 Å². The zero-order valence-corrected chi connectivity index (χ0v) is 11.6. The van der Waals surface area contributed by atoms with E-state index in [-0.39, 0.29) is 6.04 Å². The minimum atomic E-state index is 0.262. The first-order valence-electron chi connectivity index (χ1n) is 6.79. The van der Waals surface area contributed by atoms with Crippen molar-refractivity contribution >= 4 is 28.2 Å². The number of nitrogens with zero attached hydrogens (tertiary/aromatic N) is 2. The fourth-order valence-corrected chi connectivity index (χ4v) is 2.94. The Balaban J connectivity index is 2.03. The highest BCUT2D eigenvalue weighted by molar-refractivity contribution is 6.31. The third-order valence-corrected chi connectivity index (χ3v) is 3.97. The molecule has 1 aliphatic rings. The van der Waals surface area contributed by atoms with Crippen molar-refractivity contribution in [1.29, 1.82) is 0 Å². The molecule has 3 rings (SSSR count). The van der Waals surface area contributed by atoms with Crippen LogP contribution in [0, 0.1) is 0 Å². The predicted octanol–water partition coefficient (Wildman–Crippen LogP) is 3.21. The molecule has 0 saturated carbocycles. The van der Waals surface area contributed by atoms with Crippen LogP contribution in [0.25, 0.3) is 10.9 Å². The van der Waals surface area contributed by atoms with Gasteiger partial charge in [-0.25, -0.2) is 0 Å². The summed E-state index contributed by atoms with van der Waals surface area (Å²) < 4.78 is 0. The Hall–Kier alpha value is -1.32. The quantitative estimate of drug-likeness (QED) is 0.869. The number of fused-ring (bicyclic) bond motifs is 1. The first-order chi connectivity index (χ1) is 9.24. The molecule has 2 heterocycles. The molecule has 0 radical (unpaired) electrons. The molecule has 0 amide bonds. The summed E-state index contributed by atoms with van der Waals surface area (Å²) >= 11 is 6.03. The molecule has 4 heteroatoms. The zero-order valence-electron chi connectivity index (χ0n) is 10.8. The fraction of sp³-hybridized carbons (Fsp3) is 0.400. The topological polar surface area (TPSA) is 42.1 Å². The van der Waals surface area contributed by atoms with Crippen molar-refractivity contribution in [3.05, 3.63) is 35.5 Å². The van der Waals surface area contributed by atoms with Crippen LogP contribution in [0.15, 0.2) is 30.5 Å². The molecule has 0 aliphatic carbocycles. The summed E-state index contributed by atoms with van der Waals surface area (Å²) in [5.41, 5.74) is 8.32. The minimum absolute atomic E-state index is 0.262. The van der Waals surface area contributed by atoms with Crippen molar-refractivity contribution < 1.29 is 0 Å². The number of anilines is 1. The van der Waals surface area contributed by atoms with Crippen molar-refractivity contribution in [3.8, 4) is 0 Å². The smallest absolute Gasteiger partial charge is 0.0737 e. The molecule has 1 aromatic carbocycles. The number of nitrogens with two attached hydrogens (primary N) is 1. The van der Waals surface area contributed by atoms with Crippen LogP contribution >= 0.6 is 11.6 Å². The van der Waals surface area contributed by atoms with Gasteiger partial charge in [-0.1, -0.05) is 18.0 Å². The van der Waals surface area contributed by atoms with E-state index in [9.17, 15) is 0 Å². The molecule has 100 valence electrons. The maximum Gasteiger partial charge on any atom is 0.0737 e. The highest BCUT2D eigenvalue weighted by Crippen LogP contribution is 2.28. The standard InChI is InChI=1S/C15H18ClN3/c16-11-4-5-13-14(9-11)18-7-6-15(13)19-8-2-1-3-12(17)10-19/h4-7,9,12H,1-3,8,10,17H2/t12-/m1/s1. The Morgan fingerprint density at radius 2 is 2.16 bits per heavy atom. The second-order valence-corrected chi connectivity index (χ2v) is 5.63. The summed E-state index contributed by atoms with van der Waals surface area (Å²) in [5.74, 6) is 0. The molecule has 2 N–H and O–H groups in total. The van der Waals surface area contributed by atoms with Crippen molar-refractivity contribution in [2.75, 3.05) is 18.0 Å². The molecule has 0 bridgehead atoms. The SMILES string of the molecule is N[C@@H]1CCCCN(c2ccnc3cc(Cl)ccc23)C1. The van der Waals surface area contributed by atoms with E-state index in [1.54, 1.807) is 0 Å². The number of rotatable bonds is 1. The molecular formula is C15H18ClN3. The van der Waals surface area contributed by atoms with Gasteiger partial charge in [-0.3, -0.25) is 4.98 Å². The molecule has 1 aliphatic heterocycles. The van der Waals surface area contributed by atoms with Crippen LogP contribution in [0.3, 0.4) is 0 Å². The molecule has 1 aromatic heterocycles. The molecule has 1 saturated heterocycles. The van der Waals surface area contributed by atoms with Crippen LogP contribution in [0.5, 0.6) is 0 Å². The van der Waals surface area contributed by atoms with Gasteiger partial charge in [0.1, 0.15) is 0 Å². The molecule has 0 unspecified atom stereocenters. The molecule has 1 atom stereocenters. The lowest BCUT2D eigenvalue weighted by Crippen LogP contribution is -2.35. The van der Waals surface area contributed by atoms with Gasteiger partial charge in [0.05, 0.1) is 5.52 Å². The van der Waals surface area contributed by atoms with E-state index in [1.807, 2.05) is 18.3 Å². The lowest BCUT2D eigenvalue weighted by Gasteiger charge is -2.26. The summed E-state index contributed by atoms with van der Waals surface area (Å²) in [6.45, 7) is 1.98. The van der Waals surface area contributed by atoms with Gasteiger partial charge >= 0.3 is 0 Å². The van der Waals surface area contributed by atoms with Crippen LogP contribution in [-0.4, -0.2) is 24.1 Å². The molecule has 19 heavy (non-hydrogen) atoms. The van der Waals surface area contributed by atoms with Crippen LogP contribution in [0.1, 0.15) is 19.3 Å². The van der Waals surface area contributed by atoms with Crippen molar-refractivity contribution in [2.24, 2.45) is 5.73 Å². The summed E-state index contributed by atoms with van der Waals surface area (Å²) in [4.78, 5) is 6.78. The van der Waals surface area contributed by atoms with E-state index < -0.39 is 0 Å². The third kappa shape index (κ3) is 2.67. The Morgan fingerprint density at radius 1 is 1.26 bits per heavy atom. The van der Waals surface area contributed by atoms with E-state index in [0.29, 0.717) is 0 Å². The minimum Gasteiger partial charge on any atom is -0.369 e. The monoisotopic (exact) mass is 275 g/mol. The first kappa shape index (κ1) is 12.7. The van der Waals surface area contributed by atoms with E-state index in [0.717, 1.165) is 35.4 Å². The van der Waals surface area contributed by atoms with Crippen LogP contribution < -0.4 is 10.6 Å². The zero-order chi connectivity index (χ0) is 13.2. The summed E-state index contributed by atoms with van der Waals surface area (Å²) in [5, 5.41) is 1.88. The van der Waals surface area contributed by atoms with Crippen molar-refractivity contribution in [2.45, 2.75) is 25.3 Å². The van der Waals surface area contributed by atoms with E-state index in [1.165, 1.54) is 18.5 Å². The average Bonchev–Trinajstić information content (AvgIpc) is 2.62. The summed E-state index contributed by atoms with van der Waals surface area (Å²) in [7, 11) is 0. The first-order valence-corrected chi connectivity index (χ1v) is 7.16.